The molecule has 2 amide bonds. The van der Waals surface area contributed by atoms with Crippen LogP contribution in [0.3, 0.4) is 0 Å². The molecule has 1 saturated carbocycles. The van der Waals surface area contributed by atoms with Gasteiger partial charge in [-0.1, -0.05) is 32.3 Å². The van der Waals surface area contributed by atoms with Crippen molar-refractivity contribution in [3.8, 4) is 0 Å². The first-order valence-corrected chi connectivity index (χ1v) is 12.6. The fraction of sp³-hybridized carbons (Fsp3) is 0.800. The molecule has 1 spiro atoms. The first-order valence-electron chi connectivity index (χ1n) is 12.6. The maximum Gasteiger partial charge on any atom is 0.312 e. The van der Waals surface area contributed by atoms with E-state index >= 15 is 0 Å². The van der Waals surface area contributed by atoms with E-state index in [2.05, 4.69) is 6.58 Å². The molecule has 8 nitrogen and oxygen atoms in total. The van der Waals surface area contributed by atoms with Crippen LogP contribution in [0.1, 0.15) is 65.2 Å². The van der Waals surface area contributed by atoms with Crippen molar-refractivity contribution in [2.75, 3.05) is 19.8 Å². The number of esters is 1. The predicted octanol–water partition coefficient (Wildman–Crippen LogP) is 2.04. The molecule has 0 unspecified atom stereocenters. The Balaban J connectivity index is 1.75. The Labute approximate surface area is 196 Å². The summed E-state index contributed by atoms with van der Waals surface area (Å²) in [6, 6.07) is -1.25. The smallest absolute Gasteiger partial charge is 0.312 e. The Kier molecular flexibility index (Phi) is 7.15. The third-order valence-electron chi connectivity index (χ3n) is 8.23. The van der Waals surface area contributed by atoms with Crippen molar-refractivity contribution < 1.29 is 29.0 Å². The molecule has 3 heterocycles. The van der Waals surface area contributed by atoms with Crippen molar-refractivity contribution in [2.45, 2.75) is 95.0 Å². The number of likely N-dealkylation sites (tertiary alicyclic amines) is 1. The van der Waals surface area contributed by atoms with Gasteiger partial charge in [-0.3, -0.25) is 14.4 Å². The normalized spacial score (nSPS) is 34.3. The standard InChI is InChI=1S/C25H38N2O6/c1-4-14-26(17-10-8-7-9-11-17)23(30)21-25-13-12-18(33-25)19(24(31)32-6-3)20(25)22(29)27(21)16(5-2)15-28/h4,16-21,28H,1,5-15H2,2-3H3/t16-,18-,19+,20+,21-,25+/m0/s1. The van der Waals surface area contributed by atoms with Crippen LogP contribution in [0, 0.1) is 11.8 Å². The van der Waals surface area contributed by atoms with Crippen LogP contribution >= 0.6 is 0 Å². The average Bonchev–Trinajstić information content (AvgIpc) is 3.46. The number of hydrogen-bond acceptors (Lipinski definition) is 6. The van der Waals surface area contributed by atoms with Gasteiger partial charge in [0.05, 0.1) is 37.2 Å². The maximum atomic E-state index is 14.3. The fourth-order valence-corrected chi connectivity index (χ4v) is 6.79. The summed E-state index contributed by atoms with van der Waals surface area (Å²) in [5.41, 5.74) is -1.05. The number of fused-ring (bicyclic) bond motifs is 1. The van der Waals surface area contributed by atoms with E-state index in [0.717, 1.165) is 25.7 Å². The number of rotatable bonds is 9. The van der Waals surface area contributed by atoms with E-state index < -0.39 is 41.6 Å². The lowest BCUT2D eigenvalue weighted by molar-refractivity contribution is -0.156. The topological polar surface area (TPSA) is 96.4 Å². The summed E-state index contributed by atoms with van der Waals surface area (Å²) in [4.78, 5) is 44.4. The number of aliphatic hydroxyl groups excluding tert-OH is 1. The minimum absolute atomic E-state index is 0.102. The van der Waals surface area contributed by atoms with E-state index in [4.69, 9.17) is 9.47 Å². The van der Waals surface area contributed by atoms with Gasteiger partial charge in [-0.25, -0.2) is 0 Å². The third kappa shape index (κ3) is 3.79. The van der Waals surface area contributed by atoms with Gasteiger partial charge >= 0.3 is 5.97 Å². The van der Waals surface area contributed by atoms with Gasteiger partial charge < -0.3 is 24.4 Å². The minimum Gasteiger partial charge on any atom is -0.466 e. The zero-order valence-corrected chi connectivity index (χ0v) is 19.9. The monoisotopic (exact) mass is 462 g/mol. The van der Waals surface area contributed by atoms with Crippen molar-refractivity contribution in [3.63, 3.8) is 0 Å². The number of hydrogen-bond donors (Lipinski definition) is 1. The van der Waals surface area contributed by atoms with E-state index in [-0.39, 0.29) is 31.1 Å². The summed E-state index contributed by atoms with van der Waals surface area (Å²) < 4.78 is 11.7. The van der Waals surface area contributed by atoms with Gasteiger partial charge in [0.15, 0.2) is 0 Å². The molecule has 1 aliphatic carbocycles. The molecule has 0 aromatic carbocycles. The van der Waals surface area contributed by atoms with Crippen molar-refractivity contribution in [3.05, 3.63) is 12.7 Å². The largest absolute Gasteiger partial charge is 0.466 e. The minimum atomic E-state index is -1.05. The molecule has 0 aromatic heterocycles. The fourth-order valence-electron chi connectivity index (χ4n) is 6.79. The number of carbonyl (C=O) groups is 3. The van der Waals surface area contributed by atoms with Gasteiger partial charge in [-0.05, 0) is 39.0 Å². The zero-order chi connectivity index (χ0) is 23.8. The Morgan fingerprint density at radius 3 is 2.64 bits per heavy atom. The molecule has 8 heteroatoms. The number of carbonyl (C=O) groups excluding carboxylic acids is 3. The molecule has 4 fully saturated rings. The molecule has 4 rings (SSSR count). The van der Waals surface area contributed by atoms with Gasteiger partial charge in [0, 0.05) is 12.6 Å². The molecular weight excluding hydrogens is 424 g/mol. The van der Waals surface area contributed by atoms with Crippen LogP contribution in [0.25, 0.3) is 0 Å². The summed E-state index contributed by atoms with van der Waals surface area (Å²) in [6.07, 6.45) is 8.18. The molecular formula is C25H38N2O6. The highest BCUT2D eigenvalue weighted by Crippen LogP contribution is 2.59. The lowest BCUT2D eigenvalue weighted by atomic mass is 9.70. The highest BCUT2D eigenvalue weighted by Gasteiger charge is 2.75. The maximum absolute atomic E-state index is 14.3. The lowest BCUT2D eigenvalue weighted by Crippen LogP contribution is -2.60. The van der Waals surface area contributed by atoms with Crippen LogP contribution in [0.15, 0.2) is 12.7 Å². The SMILES string of the molecule is C=CCN(C(=O)[C@@H]1N([C@@H](CC)CO)C(=O)[C@H]2[C@H](C(=O)OCC)[C@@H]3CC[C@]12O3)C1CCCCC1. The van der Waals surface area contributed by atoms with Crippen molar-refractivity contribution in [1.29, 1.82) is 0 Å². The second-order valence-corrected chi connectivity index (χ2v) is 9.87. The summed E-state index contributed by atoms with van der Waals surface area (Å²) in [5.74, 6) is -2.29. The molecule has 3 saturated heterocycles. The van der Waals surface area contributed by atoms with Crippen molar-refractivity contribution in [1.82, 2.24) is 9.80 Å². The number of aliphatic hydroxyl groups is 1. The summed E-state index contributed by atoms with van der Waals surface area (Å²) in [7, 11) is 0. The summed E-state index contributed by atoms with van der Waals surface area (Å²) >= 11 is 0. The van der Waals surface area contributed by atoms with Gasteiger partial charge in [0.25, 0.3) is 0 Å². The number of ether oxygens (including phenoxy) is 2. The first-order chi connectivity index (χ1) is 15.9. The van der Waals surface area contributed by atoms with Crippen LogP contribution in [0.5, 0.6) is 0 Å². The van der Waals surface area contributed by atoms with E-state index in [0.29, 0.717) is 25.8 Å². The Morgan fingerprint density at radius 1 is 1.30 bits per heavy atom. The average molecular weight is 463 g/mol. The second-order valence-electron chi connectivity index (χ2n) is 9.87. The van der Waals surface area contributed by atoms with E-state index in [1.54, 1.807) is 17.9 Å². The molecule has 33 heavy (non-hydrogen) atoms. The van der Waals surface area contributed by atoms with Crippen LogP contribution < -0.4 is 0 Å². The summed E-state index contributed by atoms with van der Waals surface area (Å²) in [5, 5.41) is 10.1. The molecule has 0 aromatic rings. The Bertz CT molecular complexity index is 777. The summed E-state index contributed by atoms with van der Waals surface area (Å²) in [6.45, 7) is 7.89. The predicted molar refractivity (Wildman–Crippen MR) is 121 cm³/mol. The molecule has 6 atom stereocenters. The van der Waals surface area contributed by atoms with E-state index in [1.807, 2.05) is 11.8 Å². The van der Waals surface area contributed by atoms with Crippen LogP contribution in [0.4, 0.5) is 0 Å². The Hall–Kier alpha value is -1.93. The Morgan fingerprint density at radius 2 is 2.03 bits per heavy atom. The quantitative estimate of drug-likeness (QED) is 0.416. The number of nitrogens with zero attached hydrogens (tertiary/aromatic N) is 2. The van der Waals surface area contributed by atoms with E-state index in [9.17, 15) is 19.5 Å². The van der Waals surface area contributed by atoms with E-state index in [1.165, 1.54) is 6.42 Å². The zero-order valence-electron chi connectivity index (χ0n) is 19.9. The molecule has 0 radical (unpaired) electrons. The van der Waals surface area contributed by atoms with Gasteiger partial charge in [0.2, 0.25) is 11.8 Å². The molecule has 4 aliphatic rings. The molecule has 3 aliphatic heterocycles. The highest BCUT2D eigenvalue weighted by molar-refractivity contribution is 5.98. The molecule has 184 valence electrons. The molecule has 1 N–H and O–H groups in total. The highest BCUT2D eigenvalue weighted by atomic mass is 16.6. The van der Waals surface area contributed by atoms with Crippen molar-refractivity contribution >= 4 is 17.8 Å². The van der Waals surface area contributed by atoms with Gasteiger partial charge in [-0.2, -0.15) is 0 Å². The molecule has 2 bridgehead atoms. The lowest BCUT2D eigenvalue weighted by Gasteiger charge is -2.42. The second kappa shape index (κ2) is 9.74. The van der Waals surface area contributed by atoms with Gasteiger partial charge in [-0.15, -0.1) is 6.58 Å². The van der Waals surface area contributed by atoms with Crippen LogP contribution in [-0.2, 0) is 23.9 Å². The first kappa shape index (κ1) is 24.2. The third-order valence-corrected chi connectivity index (χ3v) is 8.23. The van der Waals surface area contributed by atoms with Crippen LogP contribution in [-0.4, -0.2) is 82.3 Å². The number of amides is 2. The van der Waals surface area contributed by atoms with Crippen LogP contribution in [0.2, 0.25) is 0 Å². The van der Waals surface area contributed by atoms with Gasteiger partial charge in [0.1, 0.15) is 11.6 Å². The van der Waals surface area contributed by atoms with Crippen molar-refractivity contribution in [2.24, 2.45) is 11.8 Å².